The van der Waals surface area contributed by atoms with Crippen molar-refractivity contribution in [2.24, 2.45) is 28.6 Å². The summed E-state index contributed by atoms with van der Waals surface area (Å²) in [7, 11) is -5.02. The van der Waals surface area contributed by atoms with Crippen molar-refractivity contribution >= 4 is 70.1 Å². The van der Waals surface area contributed by atoms with Crippen LogP contribution in [-0.2, 0) is 49.0 Å². The molecule has 4 fully saturated rings. The Hall–Kier alpha value is -3.38. The zero-order chi connectivity index (χ0) is 42.7. The van der Waals surface area contributed by atoms with Crippen molar-refractivity contribution in [1.29, 1.82) is 0 Å². The van der Waals surface area contributed by atoms with Gasteiger partial charge in [-0.1, -0.05) is 53.6 Å². The number of Topliss-reactive ketones (excluding diaryl/α,β-unsaturated/α-hetero) is 1. The molecule has 5 aliphatic rings. The second kappa shape index (κ2) is 16.5. The van der Waals surface area contributed by atoms with Crippen LogP contribution < -0.4 is 16.0 Å². The van der Waals surface area contributed by atoms with Gasteiger partial charge in [0, 0.05) is 33.7 Å². The number of ketones is 2. The van der Waals surface area contributed by atoms with Crippen molar-refractivity contribution in [1.82, 2.24) is 10.6 Å². The number of fused-ring (bicyclic) bond motifs is 7. The lowest BCUT2D eigenvalue weighted by atomic mass is 9.46. The topological polar surface area (TPSA) is 227 Å². The van der Waals surface area contributed by atoms with Crippen LogP contribution in [-0.4, -0.2) is 86.0 Å². The maximum atomic E-state index is 14.4. The third kappa shape index (κ3) is 8.22. The molecule has 0 spiro atoms. The van der Waals surface area contributed by atoms with Gasteiger partial charge in [0.25, 0.3) is 0 Å². The number of aliphatic hydroxyl groups is 1. The summed E-state index contributed by atoms with van der Waals surface area (Å²) in [5.41, 5.74) is -0.812. The molecular weight excluding hydrogens is 869 g/mol. The smallest absolute Gasteiger partial charge is 0.393 e. The third-order valence-corrected chi connectivity index (χ3v) is 15.2. The minimum atomic E-state index is -5.02. The van der Waals surface area contributed by atoms with Crippen molar-refractivity contribution in [3.63, 3.8) is 0 Å². The Morgan fingerprint density at radius 1 is 1.08 bits per heavy atom. The zero-order valence-electron chi connectivity index (χ0n) is 33.0. The molecule has 3 saturated carbocycles. The molecular formula is C41H49BrN3O12PS. The first-order chi connectivity index (χ1) is 27.8. The van der Waals surface area contributed by atoms with E-state index in [-0.39, 0.29) is 41.2 Å². The Bertz CT molecular complexity index is 2160. The number of carbonyl (C=O) groups excluding carboxylic acids is 5. The number of hydrogen-bond donors (Lipinski definition) is 6. The fourth-order valence-corrected chi connectivity index (χ4v) is 12.0. The lowest BCUT2D eigenvalue weighted by molar-refractivity contribution is -0.200. The summed E-state index contributed by atoms with van der Waals surface area (Å²) in [5, 5.41) is 20.0. The molecule has 15 nitrogen and oxygen atoms in total. The van der Waals surface area contributed by atoms with E-state index in [1.165, 1.54) is 18.3 Å². The molecule has 4 aliphatic carbocycles. The van der Waals surface area contributed by atoms with E-state index in [1.807, 2.05) is 37.3 Å². The first kappa shape index (κ1) is 43.7. The van der Waals surface area contributed by atoms with Crippen molar-refractivity contribution in [3.05, 3.63) is 75.5 Å². The molecule has 59 heavy (non-hydrogen) atoms. The molecule has 1 saturated heterocycles. The largest absolute Gasteiger partial charge is 0.470 e. The molecule has 0 radical (unpaired) electrons. The van der Waals surface area contributed by atoms with Crippen LogP contribution in [0.25, 0.3) is 0 Å². The minimum Gasteiger partial charge on any atom is -0.393 e. The summed E-state index contributed by atoms with van der Waals surface area (Å²) in [6.07, 6.45) is 4.92. The Morgan fingerprint density at radius 2 is 1.83 bits per heavy atom. The van der Waals surface area contributed by atoms with E-state index in [1.54, 1.807) is 31.2 Å². The number of thiophene rings is 1. The zero-order valence-corrected chi connectivity index (χ0v) is 36.3. The normalized spacial score (nSPS) is 33.1. The minimum absolute atomic E-state index is 0.0456. The molecule has 11 atom stereocenters. The van der Waals surface area contributed by atoms with Gasteiger partial charge in [-0.15, -0.1) is 11.3 Å². The van der Waals surface area contributed by atoms with Crippen molar-refractivity contribution < 1.29 is 57.4 Å². The molecule has 2 aromatic rings. The Kier molecular flexibility index (Phi) is 12.2. The van der Waals surface area contributed by atoms with Gasteiger partial charge in [-0.3, -0.25) is 28.5 Å². The van der Waals surface area contributed by atoms with Crippen LogP contribution in [0.5, 0.6) is 0 Å². The van der Waals surface area contributed by atoms with Gasteiger partial charge in [0.05, 0.1) is 22.4 Å². The predicted octanol–water partition coefficient (Wildman–Crippen LogP) is 4.40. The number of anilines is 1. The van der Waals surface area contributed by atoms with Crippen LogP contribution in [0.3, 0.4) is 0 Å². The van der Waals surface area contributed by atoms with E-state index in [9.17, 15) is 43.4 Å². The second-order valence-corrected chi connectivity index (χ2v) is 19.8. The van der Waals surface area contributed by atoms with Gasteiger partial charge in [0.1, 0.15) is 18.7 Å². The first-order valence-electron chi connectivity index (χ1n) is 19.6. The summed E-state index contributed by atoms with van der Waals surface area (Å²) < 4.78 is 30.0. The van der Waals surface area contributed by atoms with Crippen molar-refractivity contribution in [3.8, 4) is 0 Å². The number of aliphatic hydroxyl groups excluding tert-OH is 1. The van der Waals surface area contributed by atoms with Gasteiger partial charge in [-0.05, 0) is 93.3 Å². The highest BCUT2D eigenvalue weighted by atomic mass is 79.9. The van der Waals surface area contributed by atoms with Gasteiger partial charge in [0.2, 0.25) is 17.7 Å². The summed E-state index contributed by atoms with van der Waals surface area (Å²) in [5.74, 6) is -2.45. The number of phosphoric ester groups is 1. The molecule has 318 valence electrons. The molecule has 6 N–H and O–H groups in total. The number of nitrogens with one attached hydrogen (secondary N) is 3. The van der Waals surface area contributed by atoms with E-state index in [4.69, 9.17) is 14.0 Å². The summed E-state index contributed by atoms with van der Waals surface area (Å²) >= 11 is 4.45. The van der Waals surface area contributed by atoms with E-state index in [0.717, 1.165) is 16.0 Å². The Morgan fingerprint density at radius 3 is 2.56 bits per heavy atom. The second-order valence-electron chi connectivity index (χ2n) is 16.8. The molecule has 3 amide bonds. The molecule has 1 aromatic heterocycles. The summed E-state index contributed by atoms with van der Waals surface area (Å²) in [6, 6.07) is 9.32. The Labute approximate surface area is 354 Å². The number of allylic oxidation sites excluding steroid dienone is 4. The maximum Gasteiger partial charge on any atom is 0.470 e. The van der Waals surface area contributed by atoms with Gasteiger partial charge in [0.15, 0.2) is 23.5 Å². The van der Waals surface area contributed by atoms with E-state index >= 15 is 0 Å². The molecule has 0 unspecified atom stereocenters. The lowest BCUT2D eigenvalue weighted by Crippen LogP contribution is -2.63. The number of ether oxygens (including phenoxy) is 2. The van der Waals surface area contributed by atoms with E-state index < -0.39 is 79.0 Å². The number of carbonyl (C=O) groups is 5. The fourth-order valence-electron chi connectivity index (χ4n) is 10.5. The van der Waals surface area contributed by atoms with Crippen molar-refractivity contribution in [2.45, 2.75) is 96.0 Å². The van der Waals surface area contributed by atoms with Gasteiger partial charge in [-0.2, -0.15) is 0 Å². The van der Waals surface area contributed by atoms with Crippen LogP contribution in [0.15, 0.2) is 60.2 Å². The quantitative estimate of drug-likeness (QED) is 0.122. The highest BCUT2D eigenvalue weighted by Gasteiger charge is 2.76. The van der Waals surface area contributed by atoms with E-state index in [2.05, 4.69) is 38.8 Å². The molecule has 0 bridgehead atoms. The van der Waals surface area contributed by atoms with Crippen LogP contribution in [0.2, 0.25) is 0 Å². The molecule has 7 rings (SSSR count). The number of amides is 3. The SMILES string of the molecule is C[C@H](NC(=O)CBr)C(=O)N[C@@H](C)C(=O)Nc1cccc(Cc2ccc([C@@H]3O[C@@H]4C[C@H]5[C@@H]6CCC7=CC(=O)C=C[C@]7(C)[C@H]6[C@@H](O)C[C@]5(C)[C@]4(C(=O)COP(=O)(O)O)O3)s2)c1. The number of rotatable bonds is 13. The number of hydrogen-bond acceptors (Lipinski definition) is 11. The van der Waals surface area contributed by atoms with Crippen LogP contribution in [0.4, 0.5) is 5.69 Å². The first-order valence-corrected chi connectivity index (χ1v) is 23.1. The number of alkyl halides is 1. The fraction of sp³-hybridized carbons (Fsp3) is 0.537. The predicted molar refractivity (Wildman–Crippen MR) is 219 cm³/mol. The van der Waals surface area contributed by atoms with Gasteiger partial charge >= 0.3 is 7.82 Å². The van der Waals surface area contributed by atoms with Crippen molar-refractivity contribution in [2.75, 3.05) is 17.3 Å². The highest BCUT2D eigenvalue weighted by molar-refractivity contribution is 9.09. The van der Waals surface area contributed by atoms with Crippen LogP contribution >= 0.6 is 35.1 Å². The molecule has 2 heterocycles. The van der Waals surface area contributed by atoms with E-state index in [0.29, 0.717) is 36.2 Å². The summed E-state index contributed by atoms with van der Waals surface area (Å²) in [6.45, 7) is 6.14. The Balaban J connectivity index is 1.07. The standard InChI is InChI=1S/C41H49BrN3O12PS/c1-21(43-34(49)19-42)36(50)44-22(2)37(51)45-25-7-5-6-23(14-25)15-27-9-11-31(59-27)38-56-33-17-29-28-10-8-24-16-26(46)12-13-39(24,3)35(28)30(47)18-40(29,4)41(33,57-38)32(48)20-55-58(52,53)54/h5-7,9,11-14,16,21-22,28-30,33,35,38,47H,8,10,15,17-20H2,1-4H3,(H,43,49)(H,44,50)(H,45,51)(H2,52,53,54)/t21-,22-,28-,29-,30-,33+,35+,38+,39-,40-,41+/m0/s1. The number of phosphoric acid groups is 1. The third-order valence-electron chi connectivity index (χ3n) is 13.1. The molecule has 18 heteroatoms. The summed E-state index contributed by atoms with van der Waals surface area (Å²) in [4.78, 5) is 84.4. The molecule has 1 aromatic carbocycles. The average Bonchev–Trinajstić information content (AvgIpc) is 3.86. The maximum absolute atomic E-state index is 14.4. The number of benzene rings is 1. The van der Waals surface area contributed by atoms with Gasteiger partial charge in [-0.25, -0.2) is 4.57 Å². The monoisotopic (exact) mass is 917 g/mol. The average molecular weight is 919 g/mol. The number of halogens is 1. The highest BCUT2D eigenvalue weighted by Crippen LogP contribution is 2.70. The lowest BCUT2D eigenvalue weighted by Gasteiger charge is -2.59. The van der Waals surface area contributed by atoms with Gasteiger partial charge < -0.3 is 40.3 Å². The van der Waals surface area contributed by atoms with Crippen LogP contribution in [0, 0.1) is 28.6 Å². The molecule has 1 aliphatic heterocycles. The van der Waals surface area contributed by atoms with Crippen LogP contribution in [0.1, 0.15) is 75.0 Å².